The highest BCUT2D eigenvalue weighted by molar-refractivity contribution is 5.85. The van der Waals surface area contributed by atoms with Crippen LogP contribution < -0.4 is 5.32 Å². The number of aryl methyl sites for hydroxylation is 1. The second-order valence-electron chi connectivity index (χ2n) is 4.69. The molecule has 1 aromatic rings. The number of rotatable bonds is 5. The van der Waals surface area contributed by atoms with Crippen molar-refractivity contribution in [1.29, 1.82) is 0 Å². The van der Waals surface area contributed by atoms with Crippen LogP contribution >= 0.6 is 12.4 Å². The van der Waals surface area contributed by atoms with Crippen LogP contribution in [0.5, 0.6) is 0 Å². The van der Waals surface area contributed by atoms with Gasteiger partial charge >= 0.3 is 0 Å². The topological polar surface area (TPSA) is 54.2 Å². The molecule has 0 aromatic carbocycles. The Morgan fingerprint density at radius 1 is 1.39 bits per heavy atom. The van der Waals surface area contributed by atoms with Crippen molar-refractivity contribution < 1.29 is 4.52 Å². The molecule has 1 aliphatic rings. The van der Waals surface area contributed by atoms with Crippen molar-refractivity contribution in [2.75, 3.05) is 20.1 Å². The second-order valence-corrected chi connectivity index (χ2v) is 4.69. The first-order valence-corrected chi connectivity index (χ1v) is 6.53. The van der Waals surface area contributed by atoms with Gasteiger partial charge in [-0.1, -0.05) is 12.1 Å². The molecule has 2 heterocycles. The van der Waals surface area contributed by atoms with Gasteiger partial charge in [-0.15, -0.1) is 12.4 Å². The highest BCUT2D eigenvalue weighted by Gasteiger charge is 2.19. The van der Waals surface area contributed by atoms with E-state index >= 15 is 0 Å². The van der Waals surface area contributed by atoms with Crippen LogP contribution in [0.25, 0.3) is 0 Å². The Morgan fingerprint density at radius 3 is 2.72 bits per heavy atom. The molecule has 104 valence electrons. The molecule has 1 aliphatic heterocycles. The van der Waals surface area contributed by atoms with Gasteiger partial charge in [-0.3, -0.25) is 4.90 Å². The molecular formula is C12H23ClN4O. The van der Waals surface area contributed by atoms with Crippen molar-refractivity contribution >= 4 is 12.4 Å². The predicted octanol–water partition coefficient (Wildman–Crippen LogP) is 1.63. The van der Waals surface area contributed by atoms with E-state index in [1.165, 1.54) is 12.8 Å². The van der Waals surface area contributed by atoms with Crippen LogP contribution in [-0.4, -0.2) is 41.2 Å². The fourth-order valence-corrected chi connectivity index (χ4v) is 2.25. The fourth-order valence-electron chi connectivity index (χ4n) is 2.25. The van der Waals surface area contributed by atoms with Crippen LogP contribution in [0.15, 0.2) is 4.52 Å². The van der Waals surface area contributed by atoms with Gasteiger partial charge in [-0.25, -0.2) is 0 Å². The van der Waals surface area contributed by atoms with E-state index < -0.39 is 0 Å². The zero-order valence-corrected chi connectivity index (χ0v) is 12.0. The van der Waals surface area contributed by atoms with Gasteiger partial charge < -0.3 is 9.84 Å². The number of likely N-dealkylation sites (tertiary alicyclic amines) is 1. The molecule has 5 nitrogen and oxygen atoms in total. The molecule has 0 amide bonds. The van der Waals surface area contributed by atoms with Gasteiger partial charge in [-0.05, 0) is 26.3 Å². The van der Waals surface area contributed by atoms with Crippen molar-refractivity contribution in [3.8, 4) is 0 Å². The van der Waals surface area contributed by atoms with E-state index in [9.17, 15) is 0 Å². The molecule has 0 saturated carbocycles. The molecule has 2 rings (SSSR count). The standard InChI is InChI=1S/C12H22N4O.ClH/c1-3-4-11-14-12(17-15-11)9-16-7-5-10(13-2)6-8-16;/h10,13H,3-9H2,1-2H3;1H. The molecule has 18 heavy (non-hydrogen) atoms. The van der Waals surface area contributed by atoms with E-state index in [2.05, 4.69) is 27.3 Å². The molecule has 0 radical (unpaired) electrons. The molecule has 0 aliphatic carbocycles. The summed E-state index contributed by atoms with van der Waals surface area (Å²) in [5.41, 5.74) is 0. The van der Waals surface area contributed by atoms with Crippen LogP contribution in [0, 0.1) is 0 Å². The Morgan fingerprint density at radius 2 is 2.11 bits per heavy atom. The monoisotopic (exact) mass is 274 g/mol. The highest BCUT2D eigenvalue weighted by atomic mass is 35.5. The maximum Gasteiger partial charge on any atom is 0.240 e. The van der Waals surface area contributed by atoms with E-state index in [1.54, 1.807) is 0 Å². The average Bonchev–Trinajstić information content (AvgIpc) is 2.78. The van der Waals surface area contributed by atoms with Crippen molar-refractivity contribution in [2.24, 2.45) is 0 Å². The lowest BCUT2D eigenvalue weighted by Gasteiger charge is -2.30. The van der Waals surface area contributed by atoms with Gasteiger partial charge in [0.2, 0.25) is 5.89 Å². The largest absolute Gasteiger partial charge is 0.338 e. The number of hydrogen-bond acceptors (Lipinski definition) is 5. The van der Waals surface area contributed by atoms with E-state index in [-0.39, 0.29) is 12.4 Å². The Labute approximate surface area is 115 Å². The van der Waals surface area contributed by atoms with Crippen LogP contribution in [0.1, 0.15) is 37.9 Å². The van der Waals surface area contributed by atoms with Gasteiger partial charge in [0.25, 0.3) is 0 Å². The summed E-state index contributed by atoms with van der Waals surface area (Å²) in [6.07, 6.45) is 4.37. The predicted molar refractivity (Wildman–Crippen MR) is 72.9 cm³/mol. The maximum atomic E-state index is 5.25. The summed E-state index contributed by atoms with van der Waals surface area (Å²) in [5, 5.41) is 7.31. The number of hydrogen-bond donors (Lipinski definition) is 1. The minimum Gasteiger partial charge on any atom is -0.338 e. The summed E-state index contributed by atoms with van der Waals surface area (Å²) < 4.78 is 5.25. The molecule has 1 N–H and O–H groups in total. The van der Waals surface area contributed by atoms with Crippen molar-refractivity contribution in [3.05, 3.63) is 11.7 Å². The Hall–Kier alpha value is -0.650. The van der Waals surface area contributed by atoms with Gasteiger partial charge in [0.1, 0.15) is 0 Å². The average molecular weight is 275 g/mol. The zero-order chi connectivity index (χ0) is 12.1. The van der Waals surface area contributed by atoms with Gasteiger partial charge in [0, 0.05) is 25.6 Å². The summed E-state index contributed by atoms with van der Waals surface area (Å²) in [6, 6.07) is 0.671. The minimum atomic E-state index is 0. The summed E-state index contributed by atoms with van der Waals surface area (Å²) in [6.45, 7) is 5.14. The SMILES string of the molecule is CCCc1noc(CN2CCC(NC)CC2)n1.Cl. The molecular weight excluding hydrogens is 252 g/mol. The lowest BCUT2D eigenvalue weighted by Crippen LogP contribution is -2.40. The summed E-state index contributed by atoms with van der Waals surface area (Å²) >= 11 is 0. The first-order valence-electron chi connectivity index (χ1n) is 6.53. The lowest BCUT2D eigenvalue weighted by molar-refractivity contribution is 0.173. The molecule has 0 spiro atoms. The molecule has 0 unspecified atom stereocenters. The number of nitrogens with zero attached hydrogens (tertiary/aromatic N) is 3. The molecule has 1 fully saturated rings. The van der Waals surface area contributed by atoms with E-state index in [1.807, 2.05) is 7.05 Å². The fraction of sp³-hybridized carbons (Fsp3) is 0.833. The van der Waals surface area contributed by atoms with E-state index in [0.717, 1.165) is 44.2 Å². The first kappa shape index (κ1) is 15.4. The number of piperidine rings is 1. The molecule has 0 atom stereocenters. The van der Waals surface area contributed by atoms with Gasteiger partial charge in [-0.2, -0.15) is 4.98 Å². The molecule has 1 aromatic heterocycles. The number of nitrogens with one attached hydrogen (secondary N) is 1. The minimum absolute atomic E-state index is 0. The summed E-state index contributed by atoms with van der Waals surface area (Å²) in [4.78, 5) is 6.78. The smallest absolute Gasteiger partial charge is 0.240 e. The third-order valence-electron chi connectivity index (χ3n) is 3.34. The Kier molecular flexibility index (Phi) is 6.60. The number of halogens is 1. The van der Waals surface area contributed by atoms with Crippen molar-refractivity contribution in [2.45, 2.75) is 45.2 Å². The Balaban J connectivity index is 0.00000162. The van der Waals surface area contributed by atoms with Crippen molar-refractivity contribution in [1.82, 2.24) is 20.4 Å². The molecule has 1 saturated heterocycles. The van der Waals surface area contributed by atoms with E-state index in [0.29, 0.717) is 6.04 Å². The van der Waals surface area contributed by atoms with Crippen molar-refractivity contribution in [3.63, 3.8) is 0 Å². The van der Waals surface area contributed by atoms with E-state index in [4.69, 9.17) is 4.52 Å². The first-order chi connectivity index (χ1) is 8.31. The zero-order valence-electron chi connectivity index (χ0n) is 11.2. The molecule has 6 heteroatoms. The summed E-state index contributed by atoms with van der Waals surface area (Å²) in [5.74, 6) is 1.60. The van der Waals surface area contributed by atoms with Crippen LogP contribution in [0.2, 0.25) is 0 Å². The number of aromatic nitrogens is 2. The molecule has 0 bridgehead atoms. The van der Waals surface area contributed by atoms with Gasteiger partial charge in [0.05, 0.1) is 6.54 Å². The summed E-state index contributed by atoms with van der Waals surface area (Å²) in [7, 11) is 2.04. The third-order valence-corrected chi connectivity index (χ3v) is 3.34. The van der Waals surface area contributed by atoms with Gasteiger partial charge in [0.15, 0.2) is 5.82 Å². The second kappa shape index (κ2) is 7.71. The highest BCUT2D eigenvalue weighted by Crippen LogP contribution is 2.12. The Bertz CT molecular complexity index is 337. The lowest BCUT2D eigenvalue weighted by atomic mass is 10.1. The van der Waals surface area contributed by atoms with Crippen LogP contribution in [0.4, 0.5) is 0 Å². The van der Waals surface area contributed by atoms with Crippen LogP contribution in [-0.2, 0) is 13.0 Å². The quantitative estimate of drug-likeness (QED) is 0.884. The van der Waals surface area contributed by atoms with Crippen LogP contribution in [0.3, 0.4) is 0 Å². The normalized spacial score (nSPS) is 17.7. The third kappa shape index (κ3) is 4.23. The maximum absolute atomic E-state index is 5.25.